The minimum atomic E-state index is 0.657. The Morgan fingerprint density at radius 3 is 2.88 bits per heavy atom. The molecule has 0 bridgehead atoms. The second kappa shape index (κ2) is 4.33. The van der Waals surface area contributed by atoms with Gasteiger partial charge in [-0.2, -0.15) is 5.10 Å². The Morgan fingerprint density at radius 1 is 1.31 bits per heavy atom. The van der Waals surface area contributed by atoms with E-state index in [0.717, 1.165) is 31.5 Å². The molecule has 1 saturated carbocycles. The molecule has 16 heavy (non-hydrogen) atoms. The van der Waals surface area contributed by atoms with Gasteiger partial charge in [0.1, 0.15) is 0 Å². The van der Waals surface area contributed by atoms with Gasteiger partial charge in [0.15, 0.2) is 0 Å². The predicted octanol–water partition coefficient (Wildman–Crippen LogP) is 0.450. The molecule has 1 aromatic rings. The van der Waals surface area contributed by atoms with E-state index < -0.39 is 0 Å². The molecule has 1 aromatic heterocycles. The Balaban J connectivity index is 1.71. The van der Waals surface area contributed by atoms with E-state index in [-0.39, 0.29) is 0 Å². The SMILES string of the molecule is c1cnc(N(CC2CCNC2)C2CC2)nn1. The quantitative estimate of drug-likeness (QED) is 0.797. The van der Waals surface area contributed by atoms with Crippen molar-refractivity contribution in [2.24, 2.45) is 5.92 Å². The molecule has 1 unspecified atom stereocenters. The van der Waals surface area contributed by atoms with Crippen LogP contribution < -0.4 is 10.2 Å². The van der Waals surface area contributed by atoms with Crippen LogP contribution in [0.5, 0.6) is 0 Å². The van der Waals surface area contributed by atoms with Crippen molar-refractivity contribution in [3.8, 4) is 0 Å². The summed E-state index contributed by atoms with van der Waals surface area (Å²) in [6.07, 6.45) is 7.18. The highest BCUT2D eigenvalue weighted by atomic mass is 15.3. The average Bonchev–Trinajstić information content (AvgIpc) is 3.05. The van der Waals surface area contributed by atoms with Crippen LogP contribution in [0.1, 0.15) is 19.3 Å². The zero-order chi connectivity index (χ0) is 10.8. The third-order valence-corrected chi connectivity index (χ3v) is 3.33. The van der Waals surface area contributed by atoms with Gasteiger partial charge in [-0.15, -0.1) is 5.10 Å². The van der Waals surface area contributed by atoms with Crippen molar-refractivity contribution in [3.05, 3.63) is 12.4 Å². The number of hydrogen-bond donors (Lipinski definition) is 1. The average molecular weight is 219 g/mol. The van der Waals surface area contributed by atoms with Crippen LogP contribution >= 0.6 is 0 Å². The zero-order valence-corrected chi connectivity index (χ0v) is 9.34. The molecular formula is C11H17N5. The first-order valence-electron chi connectivity index (χ1n) is 6.04. The van der Waals surface area contributed by atoms with Crippen molar-refractivity contribution in [1.29, 1.82) is 0 Å². The maximum absolute atomic E-state index is 4.31. The van der Waals surface area contributed by atoms with Crippen LogP contribution in [0.25, 0.3) is 0 Å². The van der Waals surface area contributed by atoms with E-state index in [1.54, 1.807) is 12.4 Å². The Morgan fingerprint density at radius 2 is 2.25 bits per heavy atom. The van der Waals surface area contributed by atoms with Gasteiger partial charge < -0.3 is 10.2 Å². The zero-order valence-electron chi connectivity index (χ0n) is 9.34. The molecular weight excluding hydrogens is 202 g/mol. The van der Waals surface area contributed by atoms with Crippen LogP contribution in [0.2, 0.25) is 0 Å². The van der Waals surface area contributed by atoms with E-state index in [0.29, 0.717) is 6.04 Å². The fourth-order valence-electron chi connectivity index (χ4n) is 2.30. The summed E-state index contributed by atoms with van der Waals surface area (Å²) in [5, 5.41) is 11.5. The molecule has 1 N–H and O–H groups in total. The van der Waals surface area contributed by atoms with Gasteiger partial charge in [-0.3, -0.25) is 0 Å². The molecule has 2 aliphatic rings. The van der Waals surface area contributed by atoms with Gasteiger partial charge in [0.2, 0.25) is 5.95 Å². The second-order valence-corrected chi connectivity index (χ2v) is 4.69. The summed E-state index contributed by atoms with van der Waals surface area (Å²) in [4.78, 5) is 6.65. The Bertz CT molecular complexity index is 331. The van der Waals surface area contributed by atoms with E-state index in [2.05, 4.69) is 25.4 Å². The normalized spacial score (nSPS) is 24.6. The van der Waals surface area contributed by atoms with Crippen LogP contribution in [0.3, 0.4) is 0 Å². The highest BCUT2D eigenvalue weighted by Crippen LogP contribution is 2.30. The van der Waals surface area contributed by atoms with E-state index in [1.165, 1.54) is 19.3 Å². The summed E-state index contributed by atoms with van der Waals surface area (Å²) in [7, 11) is 0. The van der Waals surface area contributed by atoms with Crippen LogP contribution in [0, 0.1) is 5.92 Å². The van der Waals surface area contributed by atoms with E-state index in [9.17, 15) is 0 Å². The van der Waals surface area contributed by atoms with Crippen molar-refractivity contribution >= 4 is 5.95 Å². The topological polar surface area (TPSA) is 53.9 Å². The minimum absolute atomic E-state index is 0.657. The van der Waals surface area contributed by atoms with Gasteiger partial charge >= 0.3 is 0 Å². The minimum Gasteiger partial charge on any atom is -0.336 e. The van der Waals surface area contributed by atoms with Crippen molar-refractivity contribution in [3.63, 3.8) is 0 Å². The number of nitrogens with zero attached hydrogens (tertiary/aromatic N) is 4. The molecule has 0 spiro atoms. The number of nitrogens with one attached hydrogen (secondary N) is 1. The molecule has 0 amide bonds. The molecule has 0 aromatic carbocycles. The molecule has 5 nitrogen and oxygen atoms in total. The Hall–Kier alpha value is -1.23. The number of rotatable bonds is 4. The molecule has 2 fully saturated rings. The third kappa shape index (κ3) is 2.14. The smallest absolute Gasteiger partial charge is 0.245 e. The lowest BCUT2D eigenvalue weighted by molar-refractivity contribution is 0.548. The molecule has 1 atom stereocenters. The van der Waals surface area contributed by atoms with Crippen molar-refractivity contribution < 1.29 is 0 Å². The molecule has 3 rings (SSSR count). The van der Waals surface area contributed by atoms with Crippen LogP contribution in [-0.4, -0.2) is 40.9 Å². The summed E-state index contributed by atoms with van der Waals surface area (Å²) >= 11 is 0. The standard InChI is InChI=1S/C11H17N5/c1-2-10(1)16(8-9-3-4-12-7-9)11-13-5-6-14-15-11/h5-6,9-10,12H,1-4,7-8H2. The molecule has 1 aliphatic heterocycles. The van der Waals surface area contributed by atoms with E-state index in [1.807, 2.05) is 0 Å². The summed E-state index contributed by atoms with van der Waals surface area (Å²) < 4.78 is 0. The Kier molecular flexibility index (Phi) is 2.70. The van der Waals surface area contributed by atoms with Gasteiger partial charge in [0.05, 0.1) is 12.4 Å². The van der Waals surface area contributed by atoms with Gasteiger partial charge in [-0.1, -0.05) is 0 Å². The van der Waals surface area contributed by atoms with Gasteiger partial charge in [0, 0.05) is 12.6 Å². The number of aromatic nitrogens is 3. The molecule has 86 valence electrons. The van der Waals surface area contributed by atoms with E-state index in [4.69, 9.17) is 0 Å². The lowest BCUT2D eigenvalue weighted by atomic mass is 10.1. The first-order chi connectivity index (χ1) is 7.93. The summed E-state index contributed by atoms with van der Waals surface area (Å²) in [5.41, 5.74) is 0. The summed E-state index contributed by atoms with van der Waals surface area (Å²) in [6, 6.07) is 0.657. The molecule has 1 saturated heterocycles. The fraction of sp³-hybridized carbons (Fsp3) is 0.727. The molecule has 5 heteroatoms. The summed E-state index contributed by atoms with van der Waals surface area (Å²) in [5.74, 6) is 1.54. The lowest BCUT2D eigenvalue weighted by Crippen LogP contribution is -2.34. The van der Waals surface area contributed by atoms with Crippen molar-refractivity contribution in [2.45, 2.75) is 25.3 Å². The predicted molar refractivity (Wildman–Crippen MR) is 61.2 cm³/mol. The highest BCUT2D eigenvalue weighted by Gasteiger charge is 2.33. The van der Waals surface area contributed by atoms with Gasteiger partial charge in [-0.25, -0.2) is 4.98 Å². The molecule has 1 aliphatic carbocycles. The Labute approximate surface area is 95.3 Å². The van der Waals surface area contributed by atoms with Crippen LogP contribution in [-0.2, 0) is 0 Å². The highest BCUT2D eigenvalue weighted by molar-refractivity contribution is 5.32. The van der Waals surface area contributed by atoms with E-state index >= 15 is 0 Å². The second-order valence-electron chi connectivity index (χ2n) is 4.69. The first-order valence-corrected chi connectivity index (χ1v) is 6.04. The van der Waals surface area contributed by atoms with Gasteiger partial charge in [-0.05, 0) is 38.3 Å². The van der Waals surface area contributed by atoms with Crippen molar-refractivity contribution in [1.82, 2.24) is 20.5 Å². The fourth-order valence-corrected chi connectivity index (χ4v) is 2.30. The third-order valence-electron chi connectivity index (χ3n) is 3.33. The lowest BCUT2D eigenvalue weighted by Gasteiger charge is -2.24. The first kappa shape index (κ1) is 9.96. The molecule has 0 radical (unpaired) electrons. The summed E-state index contributed by atoms with van der Waals surface area (Å²) in [6.45, 7) is 3.35. The van der Waals surface area contributed by atoms with Gasteiger partial charge in [0.25, 0.3) is 0 Å². The monoisotopic (exact) mass is 219 g/mol. The molecule has 2 heterocycles. The van der Waals surface area contributed by atoms with Crippen LogP contribution in [0.15, 0.2) is 12.4 Å². The number of anilines is 1. The maximum atomic E-state index is 4.31. The largest absolute Gasteiger partial charge is 0.336 e. The number of hydrogen-bond acceptors (Lipinski definition) is 5. The van der Waals surface area contributed by atoms with Crippen molar-refractivity contribution in [2.75, 3.05) is 24.5 Å². The maximum Gasteiger partial charge on any atom is 0.245 e. The van der Waals surface area contributed by atoms with Crippen LogP contribution in [0.4, 0.5) is 5.95 Å².